The van der Waals surface area contributed by atoms with Gasteiger partial charge in [0.05, 0.1) is 0 Å². The van der Waals surface area contributed by atoms with Gasteiger partial charge in [-0.1, -0.05) is 42.5 Å². The molecule has 0 aliphatic carbocycles. The highest BCUT2D eigenvalue weighted by atomic mass is 16.6. The summed E-state index contributed by atoms with van der Waals surface area (Å²) in [6.45, 7) is 1.85. The van der Waals surface area contributed by atoms with Gasteiger partial charge in [-0.25, -0.2) is 14.6 Å². The summed E-state index contributed by atoms with van der Waals surface area (Å²) in [7, 11) is 0. The monoisotopic (exact) mass is 348 g/mol. The van der Waals surface area contributed by atoms with Crippen LogP contribution in [0.25, 0.3) is 0 Å². The van der Waals surface area contributed by atoms with Gasteiger partial charge < -0.3 is 9.47 Å². The van der Waals surface area contributed by atoms with E-state index in [2.05, 4.69) is 4.98 Å². The number of anilines is 1. The highest BCUT2D eigenvalue weighted by molar-refractivity contribution is 6.09. The molecule has 6 nitrogen and oxygen atoms in total. The molecule has 2 aromatic carbocycles. The summed E-state index contributed by atoms with van der Waals surface area (Å²) in [5.74, 6) is 0.724. The lowest BCUT2D eigenvalue weighted by atomic mass is 10.3. The van der Waals surface area contributed by atoms with Crippen LogP contribution in [0.15, 0.2) is 79.0 Å². The summed E-state index contributed by atoms with van der Waals surface area (Å²) in [5, 5.41) is 0. The highest BCUT2D eigenvalue weighted by Gasteiger charge is 2.29. The molecule has 1 heterocycles. The van der Waals surface area contributed by atoms with Gasteiger partial charge in [-0.05, 0) is 42.8 Å². The van der Waals surface area contributed by atoms with Crippen LogP contribution in [0.2, 0.25) is 0 Å². The maximum absolute atomic E-state index is 12.6. The van der Waals surface area contributed by atoms with E-state index in [0.29, 0.717) is 11.5 Å². The topological polar surface area (TPSA) is 68.7 Å². The first-order chi connectivity index (χ1) is 12.6. The van der Waals surface area contributed by atoms with E-state index >= 15 is 0 Å². The molecule has 0 N–H and O–H groups in total. The first kappa shape index (κ1) is 17.2. The molecule has 2 amide bonds. The first-order valence-electron chi connectivity index (χ1n) is 7.90. The number of imide groups is 1. The number of rotatable bonds is 3. The predicted molar refractivity (Wildman–Crippen MR) is 96.4 cm³/mol. The minimum absolute atomic E-state index is 0.109. The van der Waals surface area contributed by atoms with E-state index in [1.807, 2.05) is 6.92 Å². The number of aromatic nitrogens is 1. The van der Waals surface area contributed by atoms with Crippen LogP contribution < -0.4 is 14.4 Å². The van der Waals surface area contributed by atoms with Crippen molar-refractivity contribution < 1.29 is 19.1 Å². The van der Waals surface area contributed by atoms with Gasteiger partial charge in [0.1, 0.15) is 17.3 Å². The SMILES string of the molecule is Cc1ccc(N(C(=O)Oc2ccccc2)C(=O)Oc2ccccc2)nc1. The molecule has 26 heavy (non-hydrogen) atoms. The first-order valence-corrected chi connectivity index (χ1v) is 7.90. The van der Waals surface area contributed by atoms with Gasteiger partial charge in [-0.2, -0.15) is 4.90 Å². The summed E-state index contributed by atoms with van der Waals surface area (Å²) < 4.78 is 10.5. The van der Waals surface area contributed by atoms with Crippen molar-refractivity contribution in [3.63, 3.8) is 0 Å². The normalized spacial score (nSPS) is 10.0. The fourth-order valence-electron chi connectivity index (χ4n) is 2.12. The molecule has 1 aromatic heterocycles. The molecule has 3 aromatic rings. The number of hydrogen-bond acceptors (Lipinski definition) is 5. The van der Waals surface area contributed by atoms with E-state index in [9.17, 15) is 9.59 Å². The van der Waals surface area contributed by atoms with Crippen molar-refractivity contribution in [3.8, 4) is 11.5 Å². The number of nitrogens with zero attached hydrogens (tertiary/aromatic N) is 2. The Morgan fingerprint density at radius 1 is 0.769 bits per heavy atom. The summed E-state index contributed by atoms with van der Waals surface area (Å²) in [4.78, 5) is 30.1. The Morgan fingerprint density at radius 2 is 1.27 bits per heavy atom. The average molecular weight is 348 g/mol. The molecule has 0 aliphatic rings. The van der Waals surface area contributed by atoms with Gasteiger partial charge in [-0.3, -0.25) is 0 Å². The van der Waals surface area contributed by atoms with E-state index in [1.165, 1.54) is 0 Å². The van der Waals surface area contributed by atoms with Crippen molar-refractivity contribution in [2.75, 3.05) is 4.90 Å². The van der Waals surface area contributed by atoms with Crippen LogP contribution in [0.5, 0.6) is 11.5 Å². The maximum Gasteiger partial charge on any atom is 0.430 e. The molecule has 6 heteroatoms. The van der Waals surface area contributed by atoms with Crippen LogP contribution in [0.4, 0.5) is 15.4 Å². The van der Waals surface area contributed by atoms with Crippen molar-refractivity contribution in [3.05, 3.63) is 84.6 Å². The molecule has 0 radical (unpaired) electrons. The average Bonchev–Trinajstić information content (AvgIpc) is 2.65. The lowest BCUT2D eigenvalue weighted by molar-refractivity contribution is 0.190. The summed E-state index contributed by atoms with van der Waals surface area (Å²) in [6, 6.07) is 20.2. The fourth-order valence-corrected chi connectivity index (χ4v) is 2.12. The third-order valence-corrected chi connectivity index (χ3v) is 3.39. The molecule has 3 rings (SSSR count). The second-order valence-corrected chi connectivity index (χ2v) is 5.39. The quantitative estimate of drug-likeness (QED) is 0.692. The molecular weight excluding hydrogens is 332 g/mol. The zero-order chi connectivity index (χ0) is 18.4. The second-order valence-electron chi connectivity index (χ2n) is 5.39. The van der Waals surface area contributed by atoms with Crippen molar-refractivity contribution in [2.45, 2.75) is 6.92 Å². The Labute approximate surface area is 150 Å². The third-order valence-electron chi connectivity index (χ3n) is 3.39. The van der Waals surface area contributed by atoms with Gasteiger partial charge in [-0.15, -0.1) is 0 Å². The molecule has 0 aliphatic heterocycles. The van der Waals surface area contributed by atoms with Gasteiger partial charge in [0.25, 0.3) is 0 Å². The maximum atomic E-state index is 12.6. The zero-order valence-corrected chi connectivity index (χ0v) is 14.0. The van der Waals surface area contributed by atoms with E-state index in [0.717, 1.165) is 10.5 Å². The number of ether oxygens (including phenoxy) is 2. The summed E-state index contributed by atoms with van der Waals surface area (Å²) in [6.07, 6.45) is -0.268. The van der Waals surface area contributed by atoms with Gasteiger partial charge in [0.15, 0.2) is 0 Å². The van der Waals surface area contributed by atoms with Crippen LogP contribution in [0.3, 0.4) is 0 Å². The Morgan fingerprint density at radius 3 is 1.69 bits per heavy atom. The molecular formula is C20H16N2O4. The van der Waals surface area contributed by atoms with Gasteiger partial charge >= 0.3 is 12.2 Å². The zero-order valence-electron chi connectivity index (χ0n) is 14.0. The van der Waals surface area contributed by atoms with E-state index in [-0.39, 0.29) is 5.82 Å². The summed E-state index contributed by atoms with van der Waals surface area (Å²) in [5.41, 5.74) is 0.890. The second kappa shape index (κ2) is 7.94. The number of benzene rings is 2. The van der Waals surface area contributed by atoms with Gasteiger partial charge in [0.2, 0.25) is 0 Å². The number of aryl methyl sites for hydroxylation is 1. The Hall–Kier alpha value is -3.67. The molecule has 130 valence electrons. The number of amides is 2. The molecule has 0 saturated carbocycles. The smallest absolute Gasteiger partial charge is 0.410 e. The van der Waals surface area contributed by atoms with Crippen molar-refractivity contribution >= 4 is 18.0 Å². The molecule has 0 spiro atoms. The standard InChI is InChI=1S/C20H16N2O4/c1-15-12-13-18(21-14-15)22(19(23)25-16-8-4-2-5-9-16)20(24)26-17-10-6-3-7-11-17/h2-14H,1H3. The third kappa shape index (κ3) is 4.24. The minimum Gasteiger partial charge on any atom is -0.410 e. The Kier molecular flexibility index (Phi) is 5.24. The largest absolute Gasteiger partial charge is 0.430 e. The molecule has 0 atom stereocenters. The molecule has 0 bridgehead atoms. The van der Waals surface area contributed by atoms with Crippen molar-refractivity contribution in [1.29, 1.82) is 0 Å². The lowest BCUT2D eigenvalue weighted by Crippen LogP contribution is -2.41. The number of pyridine rings is 1. The van der Waals surface area contributed by atoms with Crippen LogP contribution in [-0.4, -0.2) is 17.2 Å². The molecule has 0 unspecified atom stereocenters. The van der Waals surface area contributed by atoms with E-state index in [1.54, 1.807) is 79.0 Å². The molecule has 0 saturated heterocycles. The van der Waals surface area contributed by atoms with E-state index in [4.69, 9.17) is 9.47 Å². The minimum atomic E-state index is -0.909. The van der Waals surface area contributed by atoms with Gasteiger partial charge in [0, 0.05) is 6.20 Å². The van der Waals surface area contributed by atoms with Crippen LogP contribution in [0, 0.1) is 6.92 Å². The highest BCUT2D eigenvalue weighted by Crippen LogP contribution is 2.18. The summed E-state index contributed by atoms with van der Waals surface area (Å²) >= 11 is 0. The van der Waals surface area contributed by atoms with Crippen LogP contribution >= 0.6 is 0 Å². The van der Waals surface area contributed by atoms with E-state index < -0.39 is 12.2 Å². The fraction of sp³-hybridized carbons (Fsp3) is 0.0500. The van der Waals surface area contributed by atoms with Crippen molar-refractivity contribution in [1.82, 2.24) is 4.98 Å². The Bertz CT molecular complexity index is 827. The predicted octanol–water partition coefficient (Wildman–Crippen LogP) is 4.59. The van der Waals surface area contributed by atoms with Crippen molar-refractivity contribution in [2.24, 2.45) is 0 Å². The number of carbonyl (C=O) groups excluding carboxylic acids is 2. The number of carbonyl (C=O) groups is 2. The number of para-hydroxylation sites is 2. The number of hydrogen-bond donors (Lipinski definition) is 0. The van der Waals surface area contributed by atoms with Crippen LogP contribution in [-0.2, 0) is 0 Å². The van der Waals surface area contributed by atoms with Crippen LogP contribution in [0.1, 0.15) is 5.56 Å². The Balaban J connectivity index is 1.87. The molecule has 0 fully saturated rings. The lowest BCUT2D eigenvalue weighted by Gasteiger charge is -2.19.